The highest BCUT2D eigenvalue weighted by Crippen LogP contribution is 2.12. The molecule has 6 heteroatoms. The predicted octanol–water partition coefficient (Wildman–Crippen LogP) is 1.43. The summed E-state index contributed by atoms with van der Waals surface area (Å²) in [5, 5.41) is 0. The lowest BCUT2D eigenvalue weighted by Crippen LogP contribution is -2.23. The SMILES string of the molecule is C=CCNS(=O)(=O)c1cc(F)cc(F)c1. The van der Waals surface area contributed by atoms with Gasteiger partial charge >= 0.3 is 0 Å². The van der Waals surface area contributed by atoms with Crippen LogP contribution in [0.25, 0.3) is 0 Å². The Morgan fingerprint density at radius 1 is 1.27 bits per heavy atom. The molecule has 0 aromatic heterocycles. The smallest absolute Gasteiger partial charge is 0.207 e. The van der Waals surface area contributed by atoms with E-state index < -0.39 is 26.6 Å². The van der Waals surface area contributed by atoms with Crippen molar-refractivity contribution in [2.24, 2.45) is 0 Å². The van der Waals surface area contributed by atoms with Crippen LogP contribution in [0, 0.1) is 11.6 Å². The van der Waals surface area contributed by atoms with Gasteiger partial charge in [0.1, 0.15) is 11.6 Å². The number of nitrogens with one attached hydrogen (secondary N) is 1. The first-order valence-electron chi connectivity index (χ1n) is 4.02. The number of halogens is 2. The molecule has 0 saturated heterocycles. The lowest BCUT2D eigenvalue weighted by atomic mass is 10.3. The van der Waals surface area contributed by atoms with E-state index in [1.165, 1.54) is 6.08 Å². The minimum absolute atomic E-state index is 0.000462. The Morgan fingerprint density at radius 3 is 2.27 bits per heavy atom. The monoisotopic (exact) mass is 233 g/mol. The molecule has 0 atom stereocenters. The molecule has 1 aromatic carbocycles. The summed E-state index contributed by atoms with van der Waals surface area (Å²) >= 11 is 0. The average molecular weight is 233 g/mol. The third-order valence-electron chi connectivity index (χ3n) is 1.56. The molecule has 1 aromatic rings. The summed E-state index contributed by atoms with van der Waals surface area (Å²) in [5.41, 5.74) is 0. The van der Waals surface area contributed by atoms with Gasteiger partial charge in [0.25, 0.3) is 0 Å². The van der Waals surface area contributed by atoms with Crippen LogP contribution in [0.2, 0.25) is 0 Å². The second kappa shape index (κ2) is 4.50. The summed E-state index contributed by atoms with van der Waals surface area (Å²) < 4.78 is 50.4. The minimum atomic E-state index is -3.87. The molecule has 1 rings (SSSR count). The van der Waals surface area contributed by atoms with E-state index in [0.29, 0.717) is 6.07 Å². The van der Waals surface area contributed by atoms with E-state index in [1.54, 1.807) is 0 Å². The fourth-order valence-corrected chi connectivity index (χ4v) is 1.98. The second-order valence-corrected chi connectivity index (χ2v) is 4.51. The Hall–Kier alpha value is -1.27. The highest BCUT2D eigenvalue weighted by Gasteiger charge is 2.14. The molecular formula is C9H9F2NO2S. The molecule has 1 N–H and O–H groups in total. The van der Waals surface area contributed by atoms with Crippen LogP contribution in [0.3, 0.4) is 0 Å². The Kier molecular flexibility index (Phi) is 3.54. The highest BCUT2D eigenvalue weighted by molar-refractivity contribution is 7.89. The standard InChI is InChI=1S/C9H9F2NO2S/c1-2-3-12-15(13,14)9-5-7(10)4-8(11)6-9/h2,4-6,12H,1,3H2. The number of benzene rings is 1. The minimum Gasteiger partial charge on any atom is -0.207 e. The van der Waals surface area contributed by atoms with E-state index in [2.05, 4.69) is 11.3 Å². The van der Waals surface area contributed by atoms with Crippen molar-refractivity contribution in [3.63, 3.8) is 0 Å². The van der Waals surface area contributed by atoms with E-state index in [-0.39, 0.29) is 6.54 Å². The number of hydrogen-bond acceptors (Lipinski definition) is 2. The van der Waals surface area contributed by atoms with Crippen molar-refractivity contribution >= 4 is 10.0 Å². The van der Waals surface area contributed by atoms with Gasteiger partial charge in [-0.25, -0.2) is 21.9 Å². The molecule has 0 fully saturated rings. The molecule has 0 unspecified atom stereocenters. The van der Waals surface area contributed by atoms with E-state index in [1.807, 2.05) is 0 Å². The zero-order chi connectivity index (χ0) is 11.5. The largest absolute Gasteiger partial charge is 0.241 e. The molecule has 0 aliphatic carbocycles. The maximum absolute atomic E-state index is 12.7. The summed E-state index contributed by atoms with van der Waals surface area (Å²) in [6, 6.07) is 2.09. The Balaban J connectivity index is 3.09. The quantitative estimate of drug-likeness (QED) is 0.800. The summed E-state index contributed by atoms with van der Waals surface area (Å²) in [6.45, 7) is 3.32. The molecule has 0 aliphatic rings. The molecule has 0 aliphatic heterocycles. The van der Waals surface area contributed by atoms with Crippen LogP contribution in [-0.4, -0.2) is 15.0 Å². The van der Waals surface area contributed by atoms with Gasteiger partial charge in [-0.1, -0.05) is 6.08 Å². The van der Waals surface area contributed by atoms with E-state index in [0.717, 1.165) is 12.1 Å². The van der Waals surface area contributed by atoms with Gasteiger partial charge in [-0.05, 0) is 12.1 Å². The third kappa shape index (κ3) is 3.10. The number of hydrogen-bond donors (Lipinski definition) is 1. The van der Waals surface area contributed by atoms with Crippen LogP contribution < -0.4 is 4.72 Å². The number of sulfonamides is 1. The van der Waals surface area contributed by atoms with Crippen LogP contribution in [0.15, 0.2) is 35.7 Å². The van der Waals surface area contributed by atoms with Crippen molar-refractivity contribution in [3.8, 4) is 0 Å². The van der Waals surface area contributed by atoms with Gasteiger partial charge in [-0.15, -0.1) is 6.58 Å². The zero-order valence-electron chi connectivity index (χ0n) is 7.70. The fourth-order valence-electron chi connectivity index (χ4n) is 0.936. The lowest BCUT2D eigenvalue weighted by Gasteiger charge is -2.04. The fraction of sp³-hybridized carbons (Fsp3) is 0.111. The molecule has 15 heavy (non-hydrogen) atoms. The first-order chi connectivity index (χ1) is 6.95. The first-order valence-corrected chi connectivity index (χ1v) is 5.50. The van der Waals surface area contributed by atoms with Gasteiger partial charge < -0.3 is 0 Å². The van der Waals surface area contributed by atoms with Crippen LogP contribution in [0.5, 0.6) is 0 Å². The molecule has 0 saturated carbocycles. The summed E-state index contributed by atoms with van der Waals surface area (Å²) in [7, 11) is -3.87. The van der Waals surface area contributed by atoms with Crippen molar-refractivity contribution in [2.75, 3.05) is 6.54 Å². The molecule has 0 heterocycles. The molecule has 0 spiro atoms. The Morgan fingerprint density at radius 2 is 1.80 bits per heavy atom. The highest BCUT2D eigenvalue weighted by atomic mass is 32.2. The van der Waals surface area contributed by atoms with Crippen LogP contribution in [0.4, 0.5) is 8.78 Å². The molecular weight excluding hydrogens is 224 g/mol. The van der Waals surface area contributed by atoms with Crippen molar-refractivity contribution in [3.05, 3.63) is 42.5 Å². The summed E-state index contributed by atoms with van der Waals surface area (Å²) in [5.74, 6) is -1.87. The Bertz CT molecular complexity index is 451. The molecule has 82 valence electrons. The van der Waals surface area contributed by atoms with Crippen LogP contribution in [-0.2, 0) is 10.0 Å². The van der Waals surface area contributed by atoms with E-state index in [4.69, 9.17) is 0 Å². The van der Waals surface area contributed by atoms with Gasteiger partial charge in [0.2, 0.25) is 10.0 Å². The average Bonchev–Trinajstić information content (AvgIpc) is 2.13. The van der Waals surface area contributed by atoms with Crippen LogP contribution in [0.1, 0.15) is 0 Å². The molecule has 3 nitrogen and oxygen atoms in total. The van der Waals surface area contributed by atoms with Crippen molar-refractivity contribution in [2.45, 2.75) is 4.90 Å². The summed E-state index contributed by atoms with van der Waals surface area (Å²) in [4.78, 5) is -0.443. The maximum Gasteiger partial charge on any atom is 0.241 e. The topological polar surface area (TPSA) is 46.2 Å². The van der Waals surface area contributed by atoms with Crippen LogP contribution >= 0.6 is 0 Å². The van der Waals surface area contributed by atoms with Gasteiger partial charge in [0, 0.05) is 12.6 Å². The second-order valence-electron chi connectivity index (χ2n) is 2.75. The van der Waals surface area contributed by atoms with Gasteiger partial charge in [-0.3, -0.25) is 0 Å². The van der Waals surface area contributed by atoms with Crippen molar-refractivity contribution < 1.29 is 17.2 Å². The number of rotatable bonds is 4. The van der Waals surface area contributed by atoms with E-state index in [9.17, 15) is 17.2 Å². The summed E-state index contributed by atoms with van der Waals surface area (Å²) in [6.07, 6.45) is 1.33. The zero-order valence-corrected chi connectivity index (χ0v) is 8.52. The van der Waals surface area contributed by atoms with Crippen molar-refractivity contribution in [1.29, 1.82) is 0 Å². The maximum atomic E-state index is 12.7. The Labute approximate surface area is 86.5 Å². The molecule has 0 radical (unpaired) electrons. The van der Waals surface area contributed by atoms with Gasteiger partial charge in [0.05, 0.1) is 4.90 Å². The van der Waals surface area contributed by atoms with E-state index >= 15 is 0 Å². The molecule has 0 bridgehead atoms. The third-order valence-corrected chi connectivity index (χ3v) is 2.97. The first kappa shape index (κ1) is 11.8. The lowest BCUT2D eigenvalue weighted by molar-refractivity contribution is 0.563. The molecule has 0 amide bonds. The predicted molar refractivity (Wildman–Crippen MR) is 51.7 cm³/mol. The van der Waals surface area contributed by atoms with Crippen molar-refractivity contribution in [1.82, 2.24) is 4.72 Å². The normalized spacial score (nSPS) is 11.3. The van der Waals surface area contributed by atoms with Gasteiger partial charge in [-0.2, -0.15) is 0 Å². The van der Waals surface area contributed by atoms with Gasteiger partial charge in [0.15, 0.2) is 0 Å².